The summed E-state index contributed by atoms with van der Waals surface area (Å²) in [4.78, 5) is 4.93. The minimum atomic E-state index is 0.546. The summed E-state index contributed by atoms with van der Waals surface area (Å²) in [7, 11) is 2.21. The van der Waals surface area contributed by atoms with E-state index >= 15 is 0 Å². The highest BCUT2D eigenvalue weighted by atomic mass is 79.9. The Bertz CT molecular complexity index is 422. The fourth-order valence-electron chi connectivity index (χ4n) is 2.84. The van der Waals surface area contributed by atoms with E-state index in [4.69, 9.17) is 5.73 Å². The number of rotatable bonds is 3. The first-order chi connectivity index (χ1) is 9.11. The van der Waals surface area contributed by atoms with Crippen molar-refractivity contribution in [3.63, 3.8) is 0 Å². The van der Waals surface area contributed by atoms with Gasteiger partial charge in [0.15, 0.2) is 0 Å². The molecule has 1 aliphatic heterocycles. The number of benzene rings is 1. The number of nitrogens with zero attached hydrogens (tertiary/aromatic N) is 2. The number of hydrogen-bond acceptors (Lipinski definition) is 3. The van der Waals surface area contributed by atoms with Crippen molar-refractivity contribution in [1.29, 1.82) is 0 Å². The van der Waals surface area contributed by atoms with Crippen molar-refractivity contribution in [3.8, 4) is 0 Å². The van der Waals surface area contributed by atoms with Crippen molar-refractivity contribution in [2.75, 3.05) is 38.1 Å². The number of hydrogen-bond donors (Lipinski definition) is 1. The summed E-state index contributed by atoms with van der Waals surface area (Å²) in [5.41, 5.74) is 8.23. The Morgan fingerprint density at radius 2 is 2.16 bits per heavy atom. The molecule has 4 heteroatoms. The lowest BCUT2D eigenvalue weighted by Gasteiger charge is -2.31. The van der Waals surface area contributed by atoms with E-state index in [1.165, 1.54) is 28.7 Å². The first-order valence-corrected chi connectivity index (χ1v) is 7.85. The normalized spacial score (nSPS) is 21.5. The molecule has 106 valence electrons. The van der Waals surface area contributed by atoms with E-state index in [0.717, 1.165) is 19.5 Å². The van der Waals surface area contributed by atoms with Crippen LogP contribution in [-0.4, -0.2) is 44.2 Å². The molecule has 1 heterocycles. The van der Waals surface area contributed by atoms with E-state index in [1.54, 1.807) is 0 Å². The Hall–Kier alpha value is -0.580. The molecule has 1 fully saturated rings. The van der Waals surface area contributed by atoms with Crippen LogP contribution in [-0.2, 0) is 6.42 Å². The van der Waals surface area contributed by atoms with Gasteiger partial charge in [-0.3, -0.25) is 0 Å². The van der Waals surface area contributed by atoms with Gasteiger partial charge in [0.05, 0.1) is 5.69 Å². The number of nitrogens with two attached hydrogens (primary N) is 1. The zero-order valence-corrected chi connectivity index (χ0v) is 13.5. The minimum absolute atomic E-state index is 0.546. The molecule has 19 heavy (non-hydrogen) atoms. The van der Waals surface area contributed by atoms with E-state index < -0.39 is 0 Å². The Morgan fingerprint density at radius 1 is 1.37 bits per heavy atom. The van der Waals surface area contributed by atoms with Gasteiger partial charge in [0, 0.05) is 23.6 Å². The quantitative estimate of drug-likeness (QED) is 0.926. The van der Waals surface area contributed by atoms with Gasteiger partial charge in [-0.1, -0.05) is 6.07 Å². The van der Waals surface area contributed by atoms with Crippen LogP contribution in [0.2, 0.25) is 0 Å². The molecule has 0 bridgehead atoms. The fraction of sp³-hybridized carbons (Fsp3) is 0.600. The average molecular weight is 326 g/mol. The molecule has 0 radical (unpaired) electrons. The molecule has 1 atom stereocenters. The summed E-state index contributed by atoms with van der Waals surface area (Å²) in [5, 5.41) is 0. The molecule has 1 aromatic carbocycles. The van der Waals surface area contributed by atoms with Crippen LogP contribution in [0.15, 0.2) is 22.7 Å². The van der Waals surface area contributed by atoms with Crippen LogP contribution in [0.3, 0.4) is 0 Å². The third-order valence-electron chi connectivity index (χ3n) is 3.80. The Labute approximate surface area is 124 Å². The molecular formula is C15H24BrN3. The SMILES string of the molecule is CC1CN(C)CCCN1c1ccc(CCN)cc1Br. The molecule has 0 spiro atoms. The fourth-order valence-corrected chi connectivity index (χ4v) is 3.49. The third-order valence-corrected chi connectivity index (χ3v) is 4.44. The summed E-state index contributed by atoms with van der Waals surface area (Å²) in [6.45, 7) is 6.44. The predicted octanol–water partition coefficient (Wildman–Crippen LogP) is 2.48. The number of halogens is 1. The minimum Gasteiger partial charge on any atom is -0.367 e. The largest absolute Gasteiger partial charge is 0.367 e. The molecule has 0 aromatic heterocycles. The van der Waals surface area contributed by atoms with Crippen molar-refractivity contribution in [3.05, 3.63) is 28.2 Å². The van der Waals surface area contributed by atoms with Crippen LogP contribution in [0, 0.1) is 0 Å². The summed E-state index contributed by atoms with van der Waals surface area (Å²) >= 11 is 3.72. The smallest absolute Gasteiger partial charge is 0.0513 e. The average Bonchev–Trinajstić information content (AvgIpc) is 2.51. The lowest BCUT2D eigenvalue weighted by Crippen LogP contribution is -2.38. The van der Waals surface area contributed by atoms with E-state index in [0.29, 0.717) is 12.6 Å². The highest BCUT2D eigenvalue weighted by Crippen LogP contribution is 2.30. The maximum Gasteiger partial charge on any atom is 0.0513 e. The van der Waals surface area contributed by atoms with Crippen molar-refractivity contribution in [2.45, 2.75) is 25.8 Å². The monoisotopic (exact) mass is 325 g/mol. The molecule has 0 amide bonds. The molecule has 0 saturated carbocycles. The van der Waals surface area contributed by atoms with E-state index in [2.05, 4.69) is 57.9 Å². The first-order valence-electron chi connectivity index (χ1n) is 7.05. The molecule has 1 aliphatic rings. The van der Waals surface area contributed by atoms with Crippen molar-refractivity contribution >= 4 is 21.6 Å². The van der Waals surface area contributed by atoms with Crippen LogP contribution in [0.1, 0.15) is 18.9 Å². The Morgan fingerprint density at radius 3 is 2.84 bits per heavy atom. The zero-order chi connectivity index (χ0) is 13.8. The molecule has 2 N–H and O–H groups in total. The summed E-state index contributed by atoms with van der Waals surface area (Å²) < 4.78 is 1.19. The van der Waals surface area contributed by atoms with Gasteiger partial charge in [-0.15, -0.1) is 0 Å². The second-order valence-electron chi connectivity index (χ2n) is 5.48. The van der Waals surface area contributed by atoms with Gasteiger partial charge in [0.25, 0.3) is 0 Å². The Kier molecular flexibility index (Phi) is 5.25. The van der Waals surface area contributed by atoms with E-state index in [9.17, 15) is 0 Å². The maximum atomic E-state index is 5.62. The highest BCUT2D eigenvalue weighted by molar-refractivity contribution is 9.10. The van der Waals surface area contributed by atoms with Gasteiger partial charge in [-0.05, 0) is 73.5 Å². The summed E-state index contributed by atoms with van der Waals surface area (Å²) in [5.74, 6) is 0. The van der Waals surface area contributed by atoms with Crippen LogP contribution >= 0.6 is 15.9 Å². The molecule has 1 aromatic rings. The topological polar surface area (TPSA) is 32.5 Å². The highest BCUT2D eigenvalue weighted by Gasteiger charge is 2.21. The Balaban J connectivity index is 2.20. The lowest BCUT2D eigenvalue weighted by atomic mass is 10.1. The van der Waals surface area contributed by atoms with Crippen molar-refractivity contribution < 1.29 is 0 Å². The standard InChI is InChI=1S/C15H24BrN3/c1-12-11-18(2)8-3-9-19(12)15-5-4-13(6-7-17)10-14(15)16/h4-5,10,12H,3,6-9,11,17H2,1-2H3. The van der Waals surface area contributed by atoms with Crippen molar-refractivity contribution in [1.82, 2.24) is 4.90 Å². The van der Waals surface area contributed by atoms with Crippen LogP contribution in [0.4, 0.5) is 5.69 Å². The van der Waals surface area contributed by atoms with Crippen LogP contribution in [0.5, 0.6) is 0 Å². The molecule has 1 unspecified atom stereocenters. The second-order valence-corrected chi connectivity index (χ2v) is 6.34. The van der Waals surface area contributed by atoms with E-state index in [1.807, 2.05) is 0 Å². The van der Waals surface area contributed by atoms with E-state index in [-0.39, 0.29) is 0 Å². The maximum absolute atomic E-state index is 5.62. The number of likely N-dealkylation sites (N-methyl/N-ethyl adjacent to an activating group) is 1. The lowest BCUT2D eigenvalue weighted by molar-refractivity contribution is 0.337. The van der Waals surface area contributed by atoms with Gasteiger partial charge < -0.3 is 15.5 Å². The molecule has 2 rings (SSSR count). The molecule has 0 aliphatic carbocycles. The van der Waals surface area contributed by atoms with Crippen LogP contribution < -0.4 is 10.6 Å². The summed E-state index contributed by atoms with van der Waals surface area (Å²) in [6, 6.07) is 7.19. The molecular weight excluding hydrogens is 302 g/mol. The number of anilines is 1. The van der Waals surface area contributed by atoms with Crippen LogP contribution in [0.25, 0.3) is 0 Å². The predicted molar refractivity (Wildman–Crippen MR) is 85.8 cm³/mol. The van der Waals surface area contributed by atoms with Gasteiger partial charge in [-0.2, -0.15) is 0 Å². The van der Waals surface area contributed by atoms with Gasteiger partial charge in [0.1, 0.15) is 0 Å². The first kappa shape index (κ1) is 14.8. The molecule has 3 nitrogen and oxygen atoms in total. The van der Waals surface area contributed by atoms with Gasteiger partial charge in [-0.25, -0.2) is 0 Å². The zero-order valence-electron chi connectivity index (χ0n) is 11.9. The summed E-state index contributed by atoms with van der Waals surface area (Å²) in [6.07, 6.45) is 2.16. The molecule has 1 saturated heterocycles. The van der Waals surface area contributed by atoms with Gasteiger partial charge >= 0.3 is 0 Å². The second kappa shape index (κ2) is 6.73. The third kappa shape index (κ3) is 3.71. The van der Waals surface area contributed by atoms with Gasteiger partial charge in [0.2, 0.25) is 0 Å². The van der Waals surface area contributed by atoms with Crippen molar-refractivity contribution in [2.24, 2.45) is 5.73 Å².